The fourth-order valence-corrected chi connectivity index (χ4v) is 8.03. The number of aliphatic hydroxyl groups is 2. The van der Waals surface area contributed by atoms with E-state index in [0.717, 1.165) is 6.42 Å². The summed E-state index contributed by atoms with van der Waals surface area (Å²) in [5.74, 6) is -1.07. The van der Waals surface area contributed by atoms with Crippen molar-refractivity contribution in [3.63, 3.8) is 0 Å². The third-order valence-electron chi connectivity index (χ3n) is 9.17. The summed E-state index contributed by atoms with van der Waals surface area (Å²) in [7, 11) is 0. The molecule has 1 aliphatic heterocycles. The largest absolute Gasteiger partial charge is 0.462 e. The molecule has 5 aliphatic rings. The molecule has 2 N–H and O–H groups in total. The van der Waals surface area contributed by atoms with Crippen molar-refractivity contribution in [1.29, 1.82) is 0 Å². The second-order valence-corrected chi connectivity index (χ2v) is 10.6. The molecular formula is C22H30O6. The van der Waals surface area contributed by atoms with Gasteiger partial charge in [-0.3, -0.25) is 9.59 Å². The maximum absolute atomic E-state index is 13.4. The van der Waals surface area contributed by atoms with Crippen LogP contribution >= 0.6 is 0 Å². The minimum absolute atomic E-state index is 0.0407. The molecule has 1 spiro atoms. The summed E-state index contributed by atoms with van der Waals surface area (Å²) in [6, 6.07) is 0. The lowest BCUT2D eigenvalue weighted by Crippen LogP contribution is -2.70. The molecule has 6 heteroatoms. The van der Waals surface area contributed by atoms with E-state index in [1.54, 1.807) is 0 Å². The second kappa shape index (κ2) is 5.27. The summed E-state index contributed by atoms with van der Waals surface area (Å²) in [6.07, 6.45) is -0.558. The van der Waals surface area contributed by atoms with Gasteiger partial charge in [0.05, 0.1) is 29.8 Å². The molecule has 154 valence electrons. The van der Waals surface area contributed by atoms with Crippen LogP contribution in [-0.4, -0.2) is 52.5 Å². The van der Waals surface area contributed by atoms with Crippen LogP contribution in [0.4, 0.5) is 0 Å². The summed E-state index contributed by atoms with van der Waals surface area (Å²) in [5, 5.41) is 22.6. The molecule has 2 unspecified atom stereocenters. The number of ether oxygens (including phenoxy) is 2. The molecular weight excluding hydrogens is 360 g/mol. The summed E-state index contributed by atoms with van der Waals surface area (Å²) in [4.78, 5) is 25.0. The third kappa shape index (κ3) is 1.86. The third-order valence-corrected chi connectivity index (χ3v) is 9.17. The van der Waals surface area contributed by atoms with Crippen LogP contribution in [0.25, 0.3) is 0 Å². The van der Waals surface area contributed by atoms with Crippen molar-refractivity contribution < 1.29 is 29.3 Å². The lowest BCUT2D eigenvalue weighted by Gasteiger charge is -2.65. The van der Waals surface area contributed by atoms with Gasteiger partial charge in [0.2, 0.25) is 0 Å². The minimum atomic E-state index is -1.21. The van der Waals surface area contributed by atoms with Crippen molar-refractivity contribution >= 4 is 11.8 Å². The van der Waals surface area contributed by atoms with Crippen molar-refractivity contribution in [3.8, 4) is 0 Å². The van der Waals surface area contributed by atoms with Gasteiger partial charge in [0.1, 0.15) is 6.10 Å². The number of epoxide rings is 1. The average Bonchev–Trinajstić information content (AvgIpc) is 3.35. The van der Waals surface area contributed by atoms with Gasteiger partial charge in [0.25, 0.3) is 0 Å². The Morgan fingerprint density at radius 3 is 2.57 bits per heavy atom. The predicted octanol–water partition coefficient (Wildman–Crippen LogP) is 1.62. The molecule has 0 aromatic rings. The Morgan fingerprint density at radius 2 is 1.93 bits per heavy atom. The number of carbonyl (C=O) groups excluding carboxylic acids is 2. The van der Waals surface area contributed by atoms with Crippen molar-refractivity contribution in [1.82, 2.24) is 0 Å². The van der Waals surface area contributed by atoms with Crippen molar-refractivity contribution in [2.75, 3.05) is 0 Å². The average molecular weight is 390 g/mol. The van der Waals surface area contributed by atoms with E-state index in [2.05, 4.69) is 27.4 Å². The smallest absolute Gasteiger partial charge is 0.302 e. The molecule has 2 bridgehead atoms. The Kier molecular flexibility index (Phi) is 3.53. The lowest BCUT2D eigenvalue weighted by molar-refractivity contribution is -0.239. The van der Waals surface area contributed by atoms with Crippen LogP contribution < -0.4 is 0 Å². The molecule has 0 aromatic carbocycles. The zero-order chi connectivity index (χ0) is 20.4. The first kappa shape index (κ1) is 18.8. The monoisotopic (exact) mass is 390 g/mol. The zero-order valence-corrected chi connectivity index (χ0v) is 17.0. The van der Waals surface area contributed by atoms with E-state index in [0.29, 0.717) is 18.4 Å². The Bertz CT molecular complexity index is 788. The van der Waals surface area contributed by atoms with Crippen molar-refractivity contribution in [2.45, 2.75) is 77.5 Å². The number of aliphatic hydroxyl groups excluding tert-OH is 2. The first-order valence-electron chi connectivity index (χ1n) is 10.4. The molecule has 6 nitrogen and oxygen atoms in total. The minimum Gasteiger partial charge on any atom is -0.462 e. The SMILES string of the molecule is C=C1C(=O)C23[C@H](O)C[C@@H]4C(C)(C)[C@@H](OC(C)=O)CC[C@@]4(C)[C@@H]2[C@@H]2O[C@@H]2C1[C@H]3O. The predicted molar refractivity (Wildman–Crippen MR) is 99.0 cm³/mol. The molecule has 28 heavy (non-hydrogen) atoms. The van der Waals surface area contributed by atoms with Gasteiger partial charge in [-0.05, 0) is 36.2 Å². The Morgan fingerprint density at radius 1 is 1.25 bits per heavy atom. The molecule has 5 fully saturated rings. The quantitative estimate of drug-likeness (QED) is 0.401. The maximum Gasteiger partial charge on any atom is 0.302 e. The van der Waals surface area contributed by atoms with E-state index in [1.807, 2.05) is 0 Å². The van der Waals surface area contributed by atoms with Crippen LogP contribution in [0.1, 0.15) is 47.0 Å². The Hall–Kier alpha value is -1.24. The van der Waals surface area contributed by atoms with Crippen molar-refractivity contribution in [3.05, 3.63) is 12.2 Å². The first-order valence-corrected chi connectivity index (χ1v) is 10.4. The fourth-order valence-electron chi connectivity index (χ4n) is 8.03. The van der Waals surface area contributed by atoms with Gasteiger partial charge in [-0.25, -0.2) is 0 Å². The number of rotatable bonds is 1. The molecule has 1 saturated heterocycles. The topological polar surface area (TPSA) is 96.4 Å². The number of hydrogen-bond acceptors (Lipinski definition) is 6. The fraction of sp³-hybridized carbons (Fsp3) is 0.818. The van der Waals surface area contributed by atoms with E-state index >= 15 is 0 Å². The molecule has 0 amide bonds. The van der Waals surface area contributed by atoms with Gasteiger partial charge in [-0.2, -0.15) is 0 Å². The second-order valence-electron chi connectivity index (χ2n) is 10.6. The van der Waals surface area contributed by atoms with Crippen LogP contribution in [0.15, 0.2) is 12.2 Å². The highest BCUT2D eigenvalue weighted by Gasteiger charge is 2.82. The number of esters is 1. The van der Waals surface area contributed by atoms with Gasteiger partial charge in [0.15, 0.2) is 5.78 Å². The Balaban J connectivity index is 1.62. The van der Waals surface area contributed by atoms with Gasteiger partial charge < -0.3 is 19.7 Å². The highest BCUT2D eigenvalue weighted by Crippen LogP contribution is 2.74. The lowest BCUT2D eigenvalue weighted by atomic mass is 9.39. The molecule has 5 rings (SSSR count). The molecule has 0 radical (unpaired) electrons. The van der Waals surface area contributed by atoms with Crippen LogP contribution in [0.5, 0.6) is 0 Å². The molecule has 4 saturated carbocycles. The van der Waals surface area contributed by atoms with Gasteiger partial charge in [-0.1, -0.05) is 27.4 Å². The van der Waals surface area contributed by atoms with Crippen LogP contribution in [0, 0.1) is 34.0 Å². The molecule has 10 atom stereocenters. The summed E-state index contributed by atoms with van der Waals surface area (Å²) in [6.45, 7) is 11.8. The normalized spacial score (nSPS) is 55.8. The highest BCUT2D eigenvalue weighted by molar-refractivity contribution is 6.05. The van der Waals surface area contributed by atoms with E-state index < -0.39 is 23.5 Å². The number of Topliss-reactive ketones (excluding diaryl/α,β-unsaturated/α-hetero) is 1. The summed E-state index contributed by atoms with van der Waals surface area (Å²) >= 11 is 0. The van der Waals surface area contributed by atoms with E-state index in [4.69, 9.17) is 9.47 Å². The zero-order valence-electron chi connectivity index (χ0n) is 17.0. The van der Waals surface area contributed by atoms with Gasteiger partial charge in [0, 0.05) is 24.2 Å². The van der Waals surface area contributed by atoms with E-state index in [1.165, 1.54) is 6.92 Å². The standard InChI is InChI=1S/C22H30O6/c1-9-14-15-16(28-15)17-21(5)7-6-13(27-10(2)23)20(3,4)11(21)8-12(24)22(17,18(9)25)19(14)26/h11-17,19,24,26H,1,6-8H2,2-5H3/t11-,12-,13+,14?,15-,16-,17+,19-,21-,22?/m1/s1. The summed E-state index contributed by atoms with van der Waals surface area (Å²) in [5.41, 5.74) is -1.46. The van der Waals surface area contributed by atoms with Crippen molar-refractivity contribution in [2.24, 2.45) is 34.0 Å². The van der Waals surface area contributed by atoms with E-state index in [9.17, 15) is 19.8 Å². The first-order chi connectivity index (χ1) is 13.0. The molecule has 1 heterocycles. The number of hydrogen-bond donors (Lipinski definition) is 2. The maximum atomic E-state index is 13.4. The van der Waals surface area contributed by atoms with Gasteiger partial charge in [-0.15, -0.1) is 0 Å². The number of fused-ring (bicyclic) bond motifs is 6. The van der Waals surface area contributed by atoms with E-state index in [-0.39, 0.29) is 52.7 Å². The Labute approximate surface area is 165 Å². The van der Waals surface area contributed by atoms with Crippen LogP contribution in [-0.2, 0) is 19.1 Å². The number of ketones is 1. The van der Waals surface area contributed by atoms with Gasteiger partial charge >= 0.3 is 5.97 Å². The number of carbonyl (C=O) groups is 2. The summed E-state index contributed by atoms with van der Waals surface area (Å²) < 4.78 is 11.7. The molecule has 0 aromatic heterocycles. The molecule has 4 aliphatic carbocycles. The van der Waals surface area contributed by atoms with Crippen LogP contribution in [0.2, 0.25) is 0 Å². The highest BCUT2D eigenvalue weighted by atomic mass is 16.6. The van der Waals surface area contributed by atoms with Crippen LogP contribution in [0.3, 0.4) is 0 Å².